The molecule has 0 spiro atoms. The Morgan fingerprint density at radius 2 is 1.81 bits per heavy atom. The van der Waals surface area contributed by atoms with Gasteiger partial charge in [0.2, 0.25) is 0 Å². The number of aliphatic hydroxyl groups is 1. The first-order chi connectivity index (χ1) is 12.6. The summed E-state index contributed by atoms with van der Waals surface area (Å²) in [6.07, 6.45) is 1.37. The second kappa shape index (κ2) is 6.67. The fraction of sp³-hybridized carbons (Fsp3) is 0.182. The van der Waals surface area contributed by atoms with Crippen molar-refractivity contribution in [2.75, 3.05) is 6.61 Å². The lowest BCUT2D eigenvalue weighted by molar-refractivity contribution is 0.289. The summed E-state index contributed by atoms with van der Waals surface area (Å²) in [5, 5.41) is 23.9. The number of phenols is 1. The van der Waals surface area contributed by atoms with Crippen molar-refractivity contribution >= 4 is 33.3 Å². The zero-order valence-electron chi connectivity index (χ0n) is 14.5. The molecule has 0 aliphatic rings. The Balaban J connectivity index is 2.12. The van der Waals surface area contributed by atoms with E-state index >= 15 is 0 Å². The minimum Gasteiger partial charge on any atom is -0.507 e. The van der Waals surface area contributed by atoms with Gasteiger partial charge in [0.1, 0.15) is 5.75 Å². The van der Waals surface area contributed by atoms with Crippen LogP contribution in [0.15, 0.2) is 54.6 Å². The van der Waals surface area contributed by atoms with Crippen molar-refractivity contribution in [3.8, 4) is 17.0 Å². The lowest BCUT2D eigenvalue weighted by Crippen LogP contribution is -1.97. The van der Waals surface area contributed by atoms with E-state index in [1.54, 1.807) is 6.07 Å². The molecule has 4 heteroatoms. The monoisotopic (exact) mass is 365 g/mol. The lowest BCUT2D eigenvalue weighted by Gasteiger charge is -2.13. The van der Waals surface area contributed by atoms with Gasteiger partial charge >= 0.3 is 0 Å². The molecule has 4 rings (SSSR count). The second-order valence-corrected chi connectivity index (χ2v) is 6.99. The standard InChI is InChI=1S/C22H20ClNO2/c1-24-19-10-9-15(23)13-18(19)17(7-4-12-25)22(24)21-16-6-3-2-5-14(16)8-11-20(21)26/h2-3,5-6,8-11,13,25-26H,4,7,12H2,1H3. The second-order valence-electron chi connectivity index (χ2n) is 6.56. The average molecular weight is 366 g/mol. The number of hydrogen-bond donors (Lipinski definition) is 2. The van der Waals surface area contributed by atoms with E-state index in [1.807, 2.05) is 55.6 Å². The summed E-state index contributed by atoms with van der Waals surface area (Å²) in [7, 11) is 2.01. The van der Waals surface area contributed by atoms with Gasteiger partial charge in [0.15, 0.2) is 0 Å². The van der Waals surface area contributed by atoms with Gasteiger partial charge in [-0.1, -0.05) is 41.9 Å². The van der Waals surface area contributed by atoms with Crippen molar-refractivity contribution in [1.29, 1.82) is 0 Å². The molecule has 1 aromatic heterocycles. The quantitative estimate of drug-likeness (QED) is 0.516. The van der Waals surface area contributed by atoms with Gasteiger partial charge in [0.25, 0.3) is 0 Å². The molecule has 132 valence electrons. The maximum Gasteiger partial charge on any atom is 0.125 e. The van der Waals surface area contributed by atoms with E-state index in [9.17, 15) is 10.2 Å². The van der Waals surface area contributed by atoms with E-state index in [2.05, 4.69) is 4.57 Å². The van der Waals surface area contributed by atoms with Crippen LogP contribution in [0.4, 0.5) is 0 Å². The molecule has 3 aromatic carbocycles. The van der Waals surface area contributed by atoms with Crippen LogP contribution in [0.25, 0.3) is 32.9 Å². The zero-order chi connectivity index (χ0) is 18.3. The highest BCUT2D eigenvalue weighted by atomic mass is 35.5. The predicted molar refractivity (Wildman–Crippen MR) is 108 cm³/mol. The predicted octanol–water partition coefficient (Wildman–Crippen LogP) is 5.28. The summed E-state index contributed by atoms with van der Waals surface area (Å²) in [4.78, 5) is 0. The molecule has 0 aliphatic heterocycles. The van der Waals surface area contributed by atoms with Crippen LogP contribution in [0.3, 0.4) is 0 Å². The van der Waals surface area contributed by atoms with Crippen molar-refractivity contribution in [2.45, 2.75) is 12.8 Å². The van der Waals surface area contributed by atoms with E-state index in [1.165, 1.54) is 0 Å². The van der Waals surface area contributed by atoms with Crippen molar-refractivity contribution in [3.63, 3.8) is 0 Å². The highest BCUT2D eigenvalue weighted by Crippen LogP contribution is 2.42. The number of phenolic OH excluding ortho intramolecular Hbond substituents is 1. The molecule has 0 amide bonds. The molecular weight excluding hydrogens is 346 g/mol. The van der Waals surface area contributed by atoms with Gasteiger partial charge in [-0.25, -0.2) is 0 Å². The maximum absolute atomic E-state index is 10.7. The fourth-order valence-electron chi connectivity index (χ4n) is 3.83. The average Bonchev–Trinajstić information content (AvgIpc) is 2.91. The van der Waals surface area contributed by atoms with Gasteiger partial charge in [-0.2, -0.15) is 0 Å². The molecule has 0 unspecified atom stereocenters. The molecule has 0 atom stereocenters. The molecule has 3 nitrogen and oxygen atoms in total. The highest BCUT2D eigenvalue weighted by Gasteiger charge is 2.21. The largest absolute Gasteiger partial charge is 0.507 e. The third-order valence-corrected chi connectivity index (χ3v) is 5.23. The minimum absolute atomic E-state index is 0.123. The molecular formula is C22H20ClNO2. The smallest absolute Gasteiger partial charge is 0.125 e. The van der Waals surface area contributed by atoms with E-state index in [0.29, 0.717) is 17.9 Å². The lowest BCUT2D eigenvalue weighted by atomic mass is 9.96. The molecule has 1 heterocycles. The first-order valence-electron chi connectivity index (χ1n) is 8.70. The summed E-state index contributed by atoms with van der Waals surface area (Å²) in [6, 6.07) is 17.6. The Hall–Kier alpha value is -2.49. The topological polar surface area (TPSA) is 45.4 Å². The number of benzene rings is 3. The molecule has 2 N–H and O–H groups in total. The molecule has 0 aliphatic carbocycles. The highest BCUT2D eigenvalue weighted by molar-refractivity contribution is 6.31. The van der Waals surface area contributed by atoms with Gasteiger partial charge < -0.3 is 14.8 Å². The third kappa shape index (κ3) is 2.64. The first-order valence-corrected chi connectivity index (χ1v) is 9.08. The number of aromatic hydroxyl groups is 1. The number of halogens is 1. The van der Waals surface area contributed by atoms with Crippen LogP contribution < -0.4 is 0 Å². The van der Waals surface area contributed by atoms with Gasteiger partial charge in [-0.05, 0) is 53.4 Å². The molecule has 0 radical (unpaired) electrons. The normalized spacial score (nSPS) is 11.5. The fourth-order valence-corrected chi connectivity index (χ4v) is 4.00. The minimum atomic E-state index is 0.123. The molecule has 4 aromatic rings. The summed E-state index contributed by atoms with van der Waals surface area (Å²) in [6.45, 7) is 0.123. The van der Waals surface area contributed by atoms with Gasteiger partial charge in [-0.3, -0.25) is 0 Å². The van der Waals surface area contributed by atoms with E-state index in [-0.39, 0.29) is 12.4 Å². The maximum atomic E-state index is 10.7. The molecule has 0 saturated carbocycles. The summed E-state index contributed by atoms with van der Waals surface area (Å²) in [5.41, 5.74) is 3.96. The van der Waals surface area contributed by atoms with Crippen molar-refractivity contribution < 1.29 is 10.2 Å². The summed E-state index contributed by atoms with van der Waals surface area (Å²) in [5.74, 6) is 0.256. The van der Waals surface area contributed by atoms with Gasteiger partial charge in [-0.15, -0.1) is 0 Å². The molecule has 0 saturated heterocycles. The van der Waals surface area contributed by atoms with Gasteiger partial charge in [0.05, 0.1) is 5.69 Å². The van der Waals surface area contributed by atoms with Crippen LogP contribution >= 0.6 is 11.6 Å². The Kier molecular flexibility index (Phi) is 4.35. The first kappa shape index (κ1) is 17.0. The van der Waals surface area contributed by atoms with Crippen LogP contribution in [-0.4, -0.2) is 21.4 Å². The van der Waals surface area contributed by atoms with Crippen molar-refractivity contribution in [2.24, 2.45) is 7.05 Å². The van der Waals surface area contributed by atoms with E-state index in [0.717, 1.165) is 38.5 Å². The Morgan fingerprint density at radius 3 is 2.62 bits per heavy atom. The summed E-state index contributed by atoms with van der Waals surface area (Å²) < 4.78 is 2.11. The number of aliphatic hydroxyl groups excluding tert-OH is 1. The van der Waals surface area contributed by atoms with Crippen LogP contribution in [-0.2, 0) is 13.5 Å². The third-order valence-electron chi connectivity index (χ3n) is 5.00. The van der Waals surface area contributed by atoms with Crippen molar-refractivity contribution in [3.05, 3.63) is 65.2 Å². The number of aromatic nitrogens is 1. The molecule has 26 heavy (non-hydrogen) atoms. The van der Waals surface area contributed by atoms with Crippen molar-refractivity contribution in [1.82, 2.24) is 4.57 Å². The Morgan fingerprint density at radius 1 is 1.00 bits per heavy atom. The summed E-state index contributed by atoms with van der Waals surface area (Å²) >= 11 is 6.25. The molecule has 0 fully saturated rings. The number of hydrogen-bond acceptors (Lipinski definition) is 2. The Labute approximate surface area is 157 Å². The van der Waals surface area contributed by atoms with Gasteiger partial charge in [0, 0.05) is 35.1 Å². The van der Waals surface area contributed by atoms with E-state index < -0.39 is 0 Å². The van der Waals surface area contributed by atoms with Crippen LogP contribution in [0.5, 0.6) is 5.75 Å². The number of rotatable bonds is 4. The van der Waals surface area contributed by atoms with Crippen LogP contribution in [0.1, 0.15) is 12.0 Å². The van der Waals surface area contributed by atoms with E-state index in [4.69, 9.17) is 11.6 Å². The Bertz CT molecular complexity index is 1110. The van der Waals surface area contributed by atoms with Crippen LogP contribution in [0.2, 0.25) is 5.02 Å². The number of nitrogens with zero attached hydrogens (tertiary/aromatic N) is 1. The SMILES string of the molecule is Cn1c(-c2c(O)ccc3ccccc23)c(CCCO)c2cc(Cl)ccc21. The number of aryl methyl sites for hydroxylation is 2. The molecule has 0 bridgehead atoms. The van der Waals surface area contributed by atoms with Crippen LogP contribution in [0, 0.1) is 0 Å². The zero-order valence-corrected chi connectivity index (χ0v) is 15.3. The number of fused-ring (bicyclic) bond motifs is 2.